The number of hydrogen-bond acceptors (Lipinski definition) is 3. The Hall–Kier alpha value is -2.53. The van der Waals surface area contributed by atoms with E-state index in [-0.39, 0.29) is 23.5 Å². The standard InChI is InChI=1S/C18H19ClN2O3/c1-11(2)16(18(24)20-14-4-3-5-15(22)10-14)21-17(23)12-6-8-13(19)9-7-12/h3-11,16,22H,1-2H3,(H,20,24)(H,21,23). The number of anilines is 1. The highest BCUT2D eigenvalue weighted by molar-refractivity contribution is 6.30. The Labute approximate surface area is 145 Å². The summed E-state index contributed by atoms with van der Waals surface area (Å²) in [6.07, 6.45) is 0. The lowest BCUT2D eigenvalue weighted by molar-refractivity contribution is -0.118. The van der Waals surface area contributed by atoms with Gasteiger partial charge in [-0.2, -0.15) is 0 Å². The summed E-state index contributed by atoms with van der Waals surface area (Å²) in [6.45, 7) is 3.68. The molecule has 0 aliphatic rings. The van der Waals surface area contributed by atoms with Crippen molar-refractivity contribution in [3.63, 3.8) is 0 Å². The number of nitrogens with one attached hydrogen (secondary N) is 2. The molecular weight excluding hydrogens is 328 g/mol. The van der Waals surface area contributed by atoms with E-state index in [1.165, 1.54) is 12.1 Å². The van der Waals surface area contributed by atoms with Gasteiger partial charge in [0.1, 0.15) is 11.8 Å². The summed E-state index contributed by atoms with van der Waals surface area (Å²) < 4.78 is 0. The van der Waals surface area contributed by atoms with Crippen LogP contribution in [0.15, 0.2) is 48.5 Å². The van der Waals surface area contributed by atoms with Gasteiger partial charge in [0.25, 0.3) is 5.91 Å². The average molecular weight is 347 g/mol. The minimum atomic E-state index is -0.712. The van der Waals surface area contributed by atoms with Crippen LogP contribution in [0, 0.1) is 5.92 Å². The second kappa shape index (κ2) is 7.84. The van der Waals surface area contributed by atoms with Crippen molar-refractivity contribution in [3.05, 3.63) is 59.1 Å². The third-order valence-electron chi connectivity index (χ3n) is 3.46. The van der Waals surface area contributed by atoms with Crippen LogP contribution in [-0.2, 0) is 4.79 Å². The summed E-state index contributed by atoms with van der Waals surface area (Å²) in [4.78, 5) is 24.8. The molecule has 24 heavy (non-hydrogen) atoms. The summed E-state index contributed by atoms with van der Waals surface area (Å²) in [7, 11) is 0. The molecule has 2 rings (SSSR count). The second-order valence-electron chi connectivity index (χ2n) is 5.74. The summed E-state index contributed by atoms with van der Waals surface area (Å²) in [5.41, 5.74) is 0.890. The van der Waals surface area contributed by atoms with Crippen molar-refractivity contribution in [2.45, 2.75) is 19.9 Å². The number of phenolic OH excluding ortho intramolecular Hbond substituents is 1. The molecule has 0 bridgehead atoms. The molecule has 0 saturated heterocycles. The van der Waals surface area contributed by atoms with Gasteiger partial charge in [-0.15, -0.1) is 0 Å². The SMILES string of the molecule is CC(C)C(NC(=O)c1ccc(Cl)cc1)C(=O)Nc1cccc(O)c1. The van der Waals surface area contributed by atoms with E-state index in [0.717, 1.165) is 0 Å². The predicted molar refractivity (Wildman–Crippen MR) is 94.3 cm³/mol. The predicted octanol–water partition coefficient (Wildman–Crippen LogP) is 3.44. The van der Waals surface area contributed by atoms with Gasteiger partial charge in [0, 0.05) is 22.3 Å². The first-order chi connectivity index (χ1) is 11.4. The number of aromatic hydroxyl groups is 1. The van der Waals surface area contributed by atoms with Crippen LogP contribution in [0.5, 0.6) is 5.75 Å². The highest BCUT2D eigenvalue weighted by atomic mass is 35.5. The number of rotatable bonds is 5. The molecular formula is C18H19ClN2O3. The highest BCUT2D eigenvalue weighted by Crippen LogP contribution is 2.17. The molecule has 2 amide bonds. The molecule has 1 atom stereocenters. The lowest BCUT2D eigenvalue weighted by Gasteiger charge is -2.22. The quantitative estimate of drug-likeness (QED) is 0.776. The Balaban J connectivity index is 2.09. The van der Waals surface area contributed by atoms with E-state index in [2.05, 4.69) is 10.6 Å². The third kappa shape index (κ3) is 4.73. The van der Waals surface area contributed by atoms with Crippen LogP contribution < -0.4 is 10.6 Å². The molecule has 0 aliphatic carbocycles. The van der Waals surface area contributed by atoms with Crippen molar-refractivity contribution in [2.24, 2.45) is 5.92 Å². The number of halogens is 1. The van der Waals surface area contributed by atoms with E-state index in [1.807, 2.05) is 13.8 Å². The summed E-state index contributed by atoms with van der Waals surface area (Å²) in [5, 5.41) is 15.4. The molecule has 0 aliphatic heterocycles. The molecule has 1 unspecified atom stereocenters. The molecule has 6 heteroatoms. The van der Waals surface area contributed by atoms with Crippen molar-refractivity contribution in [1.82, 2.24) is 5.32 Å². The van der Waals surface area contributed by atoms with Gasteiger partial charge in [0.2, 0.25) is 5.91 Å². The average Bonchev–Trinajstić information content (AvgIpc) is 2.52. The first kappa shape index (κ1) is 17.8. The number of amides is 2. The lowest BCUT2D eigenvalue weighted by Crippen LogP contribution is -2.47. The molecule has 0 spiro atoms. The first-order valence-corrected chi connectivity index (χ1v) is 7.91. The maximum atomic E-state index is 12.5. The van der Waals surface area contributed by atoms with Crippen LogP contribution in [0.3, 0.4) is 0 Å². The van der Waals surface area contributed by atoms with E-state index < -0.39 is 6.04 Å². The van der Waals surface area contributed by atoms with Crippen LogP contribution in [-0.4, -0.2) is 23.0 Å². The molecule has 0 fully saturated rings. The summed E-state index contributed by atoms with van der Waals surface area (Å²) in [6, 6.07) is 12.0. The molecule has 2 aromatic rings. The van der Waals surface area contributed by atoms with Crippen LogP contribution in [0.2, 0.25) is 5.02 Å². The zero-order valence-electron chi connectivity index (χ0n) is 13.4. The van der Waals surface area contributed by atoms with Crippen molar-refractivity contribution < 1.29 is 14.7 Å². The zero-order chi connectivity index (χ0) is 17.7. The van der Waals surface area contributed by atoms with E-state index >= 15 is 0 Å². The van der Waals surface area contributed by atoms with E-state index in [0.29, 0.717) is 16.3 Å². The van der Waals surface area contributed by atoms with Crippen LogP contribution in [0.4, 0.5) is 5.69 Å². The van der Waals surface area contributed by atoms with Gasteiger partial charge in [-0.1, -0.05) is 31.5 Å². The molecule has 0 heterocycles. The minimum Gasteiger partial charge on any atom is -0.508 e. The van der Waals surface area contributed by atoms with Gasteiger partial charge in [0.15, 0.2) is 0 Å². The van der Waals surface area contributed by atoms with Crippen molar-refractivity contribution in [2.75, 3.05) is 5.32 Å². The first-order valence-electron chi connectivity index (χ1n) is 7.53. The van der Waals surface area contributed by atoms with Crippen LogP contribution in [0.1, 0.15) is 24.2 Å². The van der Waals surface area contributed by atoms with Crippen LogP contribution >= 0.6 is 11.6 Å². The van der Waals surface area contributed by atoms with Gasteiger partial charge in [-0.05, 0) is 42.3 Å². The fraction of sp³-hybridized carbons (Fsp3) is 0.222. The fourth-order valence-electron chi connectivity index (χ4n) is 2.16. The molecule has 5 nitrogen and oxygen atoms in total. The minimum absolute atomic E-state index is 0.0547. The van der Waals surface area contributed by atoms with E-state index in [9.17, 15) is 14.7 Å². The number of benzene rings is 2. The van der Waals surface area contributed by atoms with Gasteiger partial charge >= 0.3 is 0 Å². The van der Waals surface area contributed by atoms with Crippen LogP contribution in [0.25, 0.3) is 0 Å². The molecule has 0 radical (unpaired) electrons. The summed E-state index contributed by atoms with van der Waals surface area (Å²) >= 11 is 5.81. The van der Waals surface area contributed by atoms with Gasteiger partial charge in [0.05, 0.1) is 0 Å². The Morgan fingerprint density at radius 1 is 1.08 bits per heavy atom. The van der Waals surface area contributed by atoms with Crippen molar-refractivity contribution >= 4 is 29.1 Å². The van der Waals surface area contributed by atoms with Gasteiger partial charge in [-0.3, -0.25) is 9.59 Å². The molecule has 2 aromatic carbocycles. The van der Waals surface area contributed by atoms with E-state index in [4.69, 9.17) is 11.6 Å². The Bertz CT molecular complexity index is 729. The smallest absolute Gasteiger partial charge is 0.251 e. The van der Waals surface area contributed by atoms with Gasteiger partial charge in [-0.25, -0.2) is 0 Å². The molecule has 3 N–H and O–H groups in total. The number of carbonyl (C=O) groups is 2. The van der Waals surface area contributed by atoms with E-state index in [1.54, 1.807) is 36.4 Å². The second-order valence-corrected chi connectivity index (χ2v) is 6.18. The highest BCUT2D eigenvalue weighted by Gasteiger charge is 2.24. The van der Waals surface area contributed by atoms with Crippen molar-refractivity contribution in [3.8, 4) is 5.75 Å². The zero-order valence-corrected chi connectivity index (χ0v) is 14.2. The number of carbonyl (C=O) groups excluding carboxylic acids is 2. The van der Waals surface area contributed by atoms with Gasteiger partial charge < -0.3 is 15.7 Å². The molecule has 126 valence electrons. The maximum absolute atomic E-state index is 12.5. The number of hydrogen-bond donors (Lipinski definition) is 3. The monoisotopic (exact) mass is 346 g/mol. The lowest BCUT2D eigenvalue weighted by atomic mass is 10.0. The third-order valence-corrected chi connectivity index (χ3v) is 3.71. The largest absolute Gasteiger partial charge is 0.508 e. The Kier molecular flexibility index (Phi) is 5.82. The maximum Gasteiger partial charge on any atom is 0.251 e. The molecule has 0 saturated carbocycles. The molecule has 0 aromatic heterocycles. The Morgan fingerprint density at radius 2 is 1.75 bits per heavy atom. The normalized spacial score (nSPS) is 11.8. The fourth-order valence-corrected chi connectivity index (χ4v) is 2.29. The van der Waals surface area contributed by atoms with Crippen molar-refractivity contribution in [1.29, 1.82) is 0 Å². The summed E-state index contributed by atoms with van der Waals surface area (Å²) in [5.74, 6) is -0.757. The Morgan fingerprint density at radius 3 is 2.33 bits per heavy atom. The number of phenols is 1. The topological polar surface area (TPSA) is 78.4 Å².